The third kappa shape index (κ3) is 4.96. The zero-order chi connectivity index (χ0) is 23.4. The second kappa shape index (κ2) is 9.71. The highest BCUT2D eigenvalue weighted by Gasteiger charge is 2.18. The van der Waals surface area contributed by atoms with E-state index < -0.39 is 18.5 Å². The first kappa shape index (κ1) is 22.3. The van der Waals surface area contributed by atoms with Crippen molar-refractivity contribution in [3.63, 3.8) is 0 Å². The van der Waals surface area contributed by atoms with Gasteiger partial charge in [-0.2, -0.15) is 0 Å². The number of para-hydroxylation sites is 1. The Labute approximate surface area is 196 Å². The summed E-state index contributed by atoms with van der Waals surface area (Å²) >= 11 is 6.34. The lowest BCUT2D eigenvalue weighted by molar-refractivity contribution is -0.119. The quantitative estimate of drug-likeness (QED) is 0.375. The number of halogens is 1. The van der Waals surface area contributed by atoms with Crippen LogP contribution in [0, 0.1) is 6.92 Å². The van der Waals surface area contributed by atoms with Gasteiger partial charge in [-0.1, -0.05) is 54.1 Å². The van der Waals surface area contributed by atoms with Crippen LogP contribution in [0.3, 0.4) is 0 Å². The summed E-state index contributed by atoms with van der Waals surface area (Å²) in [6.07, 6.45) is 0. The topological polar surface area (TPSA) is 77.5 Å². The van der Waals surface area contributed by atoms with Gasteiger partial charge in [0, 0.05) is 16.0 Å². The molecule has 0 unspecified atom stereocenters. The number of aromatic nitrogens is 1. The van der Waals surface area contributed by atoms with Crippen LogP contribution < -0.4 is 10.1 Å². The number of nitrogens with one attached hydrogen (secondary N) is 1. The Hall–Kier alpha value is -3.90. The Morgan fingerprint density at radius 1 is 1.00 bits per heavy atom. The molecule has 6 nitrogen and oxygen atoms in total. The van der Waals surface area contributed by atoms with Gasteiger partial charge in [-0.05, 0) is 42.8 Å². The minimum absolute atomic E-state index is 0.302. The molecule has 0 bridgehead atoms. The second-order valence-corrected chi connectivity index (χ2v) is 7.79. The van der Waals surface area contributed by atoms with Gasteiger partial charge in [0.05, 0.1) is 29.6 Å². The van der Waals surface area contributed by atoms with Crippen LogP contribution in [0.1, 0.15) is 15.9 Å². The number of rotatable bonds is 6. The molecule has 1 amide bonds. The second-order valence-electron chi connectivity index (χ2n) is 7.38. The number of anilines is 1. The van der Waals surface area contributed by atoms with E-state index in [0.29, 0.717) is 44.2 Å². The number of carbonyl (C=O) groups excluding carboxylic acids is 2. The summed E-state index contributed by atoms with van der Waals surface area (Å²) < 4.78 is 10.6. The van der Waals surface area contributed by atoms with Crippen LogP contribution in [0.5, 0.6) is 5.75 Å². The highest BCUT2D eigenvalue weighted by molar-refractivity contribution is 6.33. The molecule has 0 aliphatic rings. The fraction of sp³-hybridized carbons (Fsp3) is 0.115. The predicted octanol–water partition coefficient (Wildman–Crippen LogP) is 5.67. The molecule has 0 fully saturated rings. The lowest BCUT2D eigenvalue weighted by atomic mass is 10.0. The van der Waals surface area contributed by atoms with Crippen LogP contribution in [0.4, 0.5) is 5.69 Å². The summed E-state index contributed by atoms with van der Waals surface area (Å²) in [7, 11) is 1.52. The largest absolute Gasteiger partial charge is 0.495 e. The third-order valence-corrected chi connectivity index (χ3v) is 5.38. The number of nitrogens with zero attached hydrogens (tertiary/aromatic N) is 1. The molecule has 4 aromatic rings. The number of aryl methyl sites for hydroxylation is 1. The number of amides is 1. The Morgan fingerprint density at radius 2 is 1.76 bits per heavy atom. The highest BCUT2D eigenvalue weighted by atomic mass is 35.5. The Kier molecular flexibility index (Phi) is 6.56. The average molecular weight is 461 g/mol. The van der Waals surface area contributed by atoms with Gasteiger partial charge in [0.2, 0.25) is 0 Å². The first-order valence-electron chi connectivity index (χ1n) is 10.2. The van der Waals surface area contributed by atoms with Crippen molar-refractivity contribution in [3.8, 4) is 17.0 Å². The lowest BCUT2D eigenvalue weighted by Gasteiger charge is -2.12. The Morgan fingerprint density at radius 3 is 2.55 bits per heavy atom. The maximum absolute atomic E-state index is 13.0. The molecule has 1 heterocycles. The third-order valence-electron chi connectivity index (χ3n) is 5.05. The minimum Gasteiger partial charge on any atom is -0.495 e. The smallest absolute Gasteiger partial charge is 0.339 e. The molecule has 1 aromatic heterocycles. The van der Waals surface area contributed by atoms with Gasteiger partial charge in [0.15, 0.2) is 6.61 Å². The van der Waals surface area contributed by atoms with Gasteiger partial charge < -0.3 is 14.8 Å². The number of fused-ring (bicyclic) bond motifs is 1. The van der Waals surface area contributed by atoms with E-state index in [4.69, 9.17) is 21.1 Å². The van der Waals surface area contributed by atoms with E-state index in [9.17, 15) is 9.59 Å². The van der Waals surface area contributed by atoms with Crippen molar-refractivity contribution >= 4 is 40.1 Å². The van der Waals surface area contributed by atoms with Crippen molar-refractivity contribution in [2.75, 3.05) is 19.0 Å². The van der Waals surface area contributed by atoms with Crippen LogP contribution in [0.15, 0.2) is 72.8 Å². The molecule has 0 aliphatic heterocycles. The molecule has 166 valence electrons. The number of hydrogen-bond donors (Lipinski definition) is 1. The minimum atomic E-state index is -0.631. The molecule has 0 saturated carbocycles. The summed E-state index contributed by atoms with van der Waals surface area (Å²) in [5.41, 5.74) is 3.63. The fourth-order valence-corrected chi connectivity index (χ4v) is 3.70. The maximum atomic E-state index is 13.0. The van der Waals surface area contributed by atoms with Crippen LogP contribution >= 0.6 is 11.6 Å². The van der Waals surface area contributed by atoms with Gasteiger partial charge in [0.25, 0.3) is 5.91 Å². The van der Waals surface area contributed by atoms with Gasteiger partial charge >= 0.3 is 5.97 Å². The highest BCUT2D eigenvalue weighted by Crippen LogP contribution is 2.30. The Balaban J connectivity index is 1.57. The zero-order valence-corrected chi connectivity index (χ0v) is 18.8. The van der Waals surface area contributed by atoms with Crippen molar-refractivity contribution in [2.45, 2.75) is 6.92 Å². The first-order valence-corrected chi connectivity index (χ1v) is 10.6. The summed E-state index contributed by atoms with van der Waals surface area (Å²) in [5, 5.41) is 3.86. The predicted molar refractivity (Wildman–Crippen MR) is 129 cm³/mol. The number of methoxy groups -OCH3 is 1. The van der Waals surface area contributed by atoms with E-state index in [0.717, 1.165) is 5.56 Å². The molecule has 0 radical (unpaired) electrons. The van der Waals surface area contributed by atoms with Crippen LogP contribution in [-0.4, -0.2) is 30.6 Å². The number of pyridine rings is 1. The summed E-state index contributed by atoms with van der Waals surface area (Å²) in [6.45, 7) is 1.45. The average Bonchev–Trinajstić information content (AvgIpc) is 2.82. The molecule has 0 spiro atoms. The SMILES string of the molecule is COc1ccc(C)cc1NC(=O)COC(=O)c1cc(-c2ccccc2Cl)nc2ccccc12. The number of benzene rings is 3. The number of esters is 1. The molecule has 0 saturated heterocycles. The molecule has 3 aromatic carbocycles. The zero-order valence-electron chi connectivity index (χ0n) is 18.1. The van der Waals surface area contributed by atoms with Crippen molar-refractivity contribution < 1.29 is 19.1 Å². The molecule has 0 atom stereocenters. The maximum Gasteiger partial charge on any atom is 0.339 e. The molecule has 7 heteroatoms. The molecule has 33 heavy (non-hydrogen) atoms. The first-order chi connectivity index (χ1) is 16.0. The van der Waals surface area contributed by atoms with Gasteiger partial charge in [-0.15, -0.1) is 0 Å². The monoisotopic (exact) mass is 460 g/mol. The van der Waals surface area contributed by atoms with Crippen molar-refractivity contribution in [1.29, 1.82) is 0 Å². The van der Waals surface area contributed by atoms with E-state index in [1.807, 2.05) is 49.4 Å². The lowest BCUT2D eigenvalue weighted by Crippen LogP contribution is -2.21. The Bertz CT molecular complexity index is 1350. The molecular weight excluding hydrogens is 440 g/mol. The fourth-order valence-electron chi connectivity index (χ4n) is 3.47. The van der Waals surface area contributed by atoms with E-state index in [2.05, 4.69) is 10.3 Å². The normalized spacial score (nSPS) is 10.6. The molecule has 0 aliphatic carbocycles. The van der Waals surface area contributed by atoms with Crippen LogP contribution in [-0.2, 0) is 9.53 Å². The summed E-state index contributed by atoms with van der Waals surface area (Å²) in [4.78, 5) is 30.1. The van der Waals surface area contributed by atoms with Gasteiger partial charge in [0.1, 0.15) is 5.75 Å². The van der Waals surface area contributed by atoms with Crippen molar-refractivity contribution in [1.82, 2.24) is 4.98 Å². The van der Waals surface area contributed by atoms with Gasteiger partial charge in [-0.25, -0.2) is 9.78 Å². The molecule has 1 N–H and O–H groups in total. The number of ether oxygens (including phenoxy) is 2. The van der Waals surface area contributed by atoms with E-state index >= 15 is 0 Å². The van der Waals surface area contributed by atoms with Crippen molar-refractivity contribution in [2.24, 2.45) is 0 Å². The van der Waals surface area contributed by atoms with E-state index in [-0.39, 0.29) is 0 Å². The molecular formula is C26H21ClN2O4. The summed E-state index contributed by atoms with van der Waals surface area (Å²) in [5.74, 6) is -0.588. The van der Waals surface area contributed by atoms with Crippen LogP contribution in [0.25, 0.3) is 22.2 Å². The standard InChI is InChI=1S/C26H21ClN2O4/c1-16-11-12-24(32-2)23(13-16)29-25(30)15-33-26(31)19-14-22(18-8-3-5-9-20(18)27)28-21-10-6-4-7-17(19)21/h3-14H,15H2,1-2H3,(H,29,30). The van der Waals surface area contributed by atoms with E-state index in [1.54, 1.807) is 30.3 Å². The molecule has 4 rings (SSSR count). The summed E-state index contributed by atoms with van der Waals surface area (Å²) in [6, 6.07) is 21.6. The van der Waals surface area contributed by atoms with Gasteiger partial charge in [-0.3, -0.25) is 4.79 Å². The number of carbonyl (C=O) groups is 2. The number of hydrogen-bond acceptors (Lipinski definition) is 5. The van der Waals surface area contributed by atoms with E-state index in [1.165, 1.54) is 7.11 Å². The van der Waals surface area contributed by atoms with Crippen LogP contribution in [0.2, 0.25) is 5.02 Å². The van der Waals surface area contributed by atoms with Crippen molar-refractivity contribution in [3.05, 3.63) is 88.9 Å².